The van der Waals surface area contributed by atoms with E-state index in [0.717, 1.165) is 10.9 Å². The van der Waals surface area contributed by atoms with Gasteiger partial charge in [0.05, 0.1) is 5.75 Å². The molecule has 0 amide bonds. The van der Waals surface area contributed by atoms with Crippen LogP contribution in [0.15, 0.2) is 68.7 Å². The quantitative estimate of drug-likeness (QED) is 0.359. The zero-order valence-corrected chi connectivity index (χ0v) is 14.4. The second-order valence-electron chi connectivity index (χ2n) is 5.24. The standard InChI is InChI=1S/C18H11ClN2O3S/c19-13-7-5-11(6-8-13)17-20-21-18(24-17)25-10-14(22)16-9-12-3-1-2-4-15(12)23-16/h1-9H,10H2. The van der Waals surface area contributed by atoms with Crippen LogP contribution in [0.1, 0.15) is 10.6 Å². The number of benzene rings is 2. The zero-order valence-electron chi connectivity index (χ0n) is 12.8. The molecule has 2 aromatic heterocycles. The molecule has 0 N–H and O–H groups in total. The normalized spacial score (nSPS) is 11.1. The third kappa shape index (κ3) is 3.45. The van der Waals surface area contributed by atoms with Gasteiger partial charge in [0.1, 0.15) is 5.58 Å². The lowest BCUT2D eigenvalue weighted by Gasteiger charge is -1.95. The first kappa shape index (κ1) is 15.9. The van der Waals surface area contributed by atoms with Gasteiger partial charge in [-0.2, -0.15) is 0 Å². The van der Waals surface area contributed by atoms with Crippen LogP contribution < -0.4 is 0 Å². The van der Waals surface area contributed by atoms with E-state index in [0.29, 0.717) is 27.5 Å². The van der Waals surface area contributed by atoms with Crippen molar-refractivity contribution in [1.82, 2.24) is 10.2 Å². The van der Waals surface area contributed by atoms with Crippen molar-refractivity contribution in [2.75, 3.05) is 5.75 Å². The lowest BCUT2D eigenvalue weighted by Crippen LogP contribution is -2.00. The molecule has 124 valence electrons. The Morgan fingerprint density at radius 2 is 1.84 bits per heavy atom. The number of Topliss-reactive ketones (excluding diaryl/α,β-unsaturated/α-hetero) is 1. The summed E-state index contributed by atoms with van der Waals surface area (Å²) in [7, 11) is 0. The number of hydrogen-bond donors (Lipinski definition) is 0. The van der Waals surface area contributed by atoms with Gasteiger partial charge in [0.15, 0.2) is 5.76 Å². The lowest BCUT2D eigenvalue weighted by molar-refractivity contribution is 0.0994. The Hall–Kier alpha value is -2.57. The number of hydrogen-bond acceptors (Lipinski definition) is 6. The minimum atomic E-state index is -0.132. The fraction of sp³-hybridized carbons (Fsp3) is 0.0556. The van der Waals surface area contributed by atoms with Gasteiger partial charge in [0.25, 0.3) is 5.22 Å². The predicted octanol–water partition coefficient (Wildman–Crippen LogP) is 5.11. The molecule has 0 atom stereocenters. The predicted molar refractivity (Wildman–Crippen MR) is 96.0 cm³/mol. The van der Waals surface area contributed by atoms with Crippen LogP contribution in [0.2, 0.25) is 5.02 Å². The minimum absolute atomic E-state index is 0.132. The van der Waals surface area contributed by atoms with Crippen LogP contribution in [-0.4, -0.2) is 21.7 Å². The van der Waals surface area contributed by atoms with Crippen LogP contribution in [0.3, 0.4) is 0 Å². The van der Waals surface area contributed by atoms with Crippen molar-refractivity contribution in [1.29, 1.82) is 0 Å². The SMILES string of the molecule is O=C(CSc1nnc(-c2ccc(Cl)cc2)o1)c1cc2ccccc2o1. The molecule has 0 bridgehead atoms. The monoisotopic (exact) mass is 370 g/mol. The van der Waals surface area contributed by atoms with E-state index >= 15 is 0 Å². The topological polar surface area (TPSA) is 69.1 Å². The summed E-state index contributed by atoms with van der Waals surface area (Å²) < 4.78 is 11.1. The lowest BCUT2D eigenvalue weighted by atomic mass is 10.2. The molecule has 0 spiro atoms. The molecule has 2 heterocycles. The number of furan rings is 1. The summed E-state index contributed by atoms with van der Waals surface area (Å²) >= 11 is 7.04. The number of fused-ring (bicyclic) bond motifs is 1. The molecule has 0 aliphatic rings. The third-order valence-electron chi connectivity index (χ3n) is 3.52. The van der Waals surface area contributed by atoms with Crippen LogP contribution in [0.4, 0.5) is 0 Å². The molecule has 4 aromatic rings. The molecule has 0 aliphatic carbocycles. The first-order valence-corrected chi connectivity index (χ1v) is 8.79. The molecule has 0 aliphatic heterocycles. The first-order valence-electron chi connectivity index (χ1n) is 7.43. The van der Waals surface area contributed by atoms with E-state index in [4.69, 9.17) is 20.4 Å². The van der Waals surface area contributed by atoms with Crippen LogP contribution in [0, 0.1) is 0 Å². The minimum Gasteiger partial charge on any atom is -0.453 e. The smallest absolute Gasteiger partial charge is 0.277 e. The summed E-state index contributed by atoms with van der Waals surface area (Å²) in [5.41, 5.74) is 1.46. The van der Waals surface area contributed by atoms with E-state index in [1.54, 1.807) is 30.3 Å². The van der Waals surface area contributed by atoms with E-state index in [9.17, 15) is 4.79 Å². The van der Waals surface area contributed by atoms with Crippen LogP contribution >= 0.6 is 23.4 Å². The molecule has 2 aromatic carbocycles. The summed E-state index contributed by atoms with van der Waals surface area (Å²) in [6.45, 7) is 0. The number of thioether (sulfide) groups is 1. The average molecular weight is 371 g/mol. The Morgan fingerprint density at radius 1 is 1.04 bits per heavy atom. The molecule has 0 unspecified atom stereocenters. The van der Waals surface area contributed by atoms with Gasteiger partial charge >= 0.3 is 0 Å². The summed E-state index contributed by atoms with van der Waals surface area (Å²) in [4.78, 5) is 12.3. The number of rotatable bonds is 5. The number of para-hydroxylation sites is 1. The van der Waals surface area contributed by atoms with Gasteiger partial charge < -0.3 is 8.83 Å². The number of ketones is 1. The summed E-state index contributed by atoms with van der Waals surface area (Å²) in [5.74, 6) is 0.733. The van der Waals surface area contributed by atoms with Gasteiger partial charge in [-0.25, -0.2) is 0 Å². The van der Waals surface area contributed by atoms with Gasteiger partial charge in [0, 0.05) is 16.0 Å². The number of carbonyl (C=O) groups excluding carboxylic acids is 1. The summed E-state index contributed by atoms with van der Waals surface area (Å²) in [6, 6.07) is 16.3. The van der Waals surface area contributed by atoms with E-state index < -0.39 is 0 Å². The molecular weight excluding hydrogens is 360 g/mol. The maximum absolute atomic E-state index is 12.3. The molecular formula is C18H11ClN2O3S. The first-order chi connectivity index (χ1) is 12.2. The van der Waals surface area contributed by atoms with Crippen molar-refractivity contribution >= 4 is 40.1 Å². The highest BCUT2D eigenvalue weighted by atomic mass is 35.5. The van der Waals surface area contributed by atoms with Crippen LogP contribution in [0.25, 0.3) is 22.4 Å². The molecule has 25 heavy (non-hydrogen) atoms. The Kier molecular flexibility index (Phi) is 4.29. The fourth-order valence-electron chi connectivity index (χ4n) is 2.29. The molecule has 4 rings (SSSR count). The largest absolute Gasteiger partial charge is 0.453 e. The average Bonchev–Trinajstić information content (AvgIpc) is 3.27. The van der Waals surface area contributed by atoms with E-state index in [1.807, 2.05) is 24.3 Å². The number of halogens is 1. The van der Waals surface area contributed by atoms with Crippen LogP contribution in [0.5, 0.6) is 0 Å². The third-order valence-corrected chi connectivity index (χ3v) is 4.60. The van der Waals surface area contributed by atoms with Gasteiger partial charge in [0.2, 0.25) is 11.7 Å². The Bertz CT molecular complexity index is 1010. The maximum atomic E-state index is 12.3. The van der Waals surface area contributed by atoms with Crippen molar-refractivity contribution in [3.8, 4) is 11.5 Å². The molecule has 7 heteroatoms. The number of aromatic nitrogens is 2. The van der Waals surface area contributed by atoms with Gasteiger partial charge in [-0.3, -0.25) is 4.79 Å². The Balaban J connectivity index is 1.44. The van der Waals surface area contributed by atoms with Gasteiger partial charge in [-0.15, -0.1) is 10.2 Å². The van der Waals surface area contributed by atoms with Gasteiger partial charge in [-0.05, 0) is 36.4 Å². The fourth-order valence-corrected chi connectivity index (χ4v) is 3.05. The van der Waals surface area contributed by atoms with Gasteiger partial charge in [-0.1, -0.05) is 41.6 Å². The van der Waals surface area contributed by atoms with Crippen molar-refractivity contribution in [3.63, 3.8) is 0 Å². The van der Waals surface area contributed by atoms with E-state index in [1.165, 1.54) is 11.8 Å². The van der Waals surface area contributed by atoms with Crippen molar-refractivity contribution in [3.05, 3.63) is 65.4 Å². The zero-order chi connectivity index (χ0) is 17.2. The highest BCUT2D eigenvalue weighted by Crippen LogP contribution is 2.26. The van der Waals surface area contributed by atoms with E-state index in [-0.39, 0.29) is 11.5 Å². The van der Waals surface area contributed by atoms with Crippen LogP contribution in [-0.2, 0) is 0 Å². The molecule has 0 saturated heterocycles. The Labute approximate surface area is 152 Å². The second kappa shape index (κ2) is 6.74. The highest BCUT2D eigenvalue weighted by Gasteiger charge is 2.15. The number of carbonyl (C=O) groups is 1. The second-order valence-corrected chi connectivity index (χ2v) is 6.60. The van der Waals surface area contributed by atoms with Crippen molar-refractivity contribution in [2.24, 2.45) is 0 Å². The number of nitrogens with zero attached hydrogens (tertiary/aromatic N) is 2. The molecule has 5 nitrogen and oxygen atoms in total. The van der Waals surface area contributed by atoms with E-state index in [2.05, 4.69) is 10.2 Å². The van der Waals surface area contributed by atoms with Crippen molar-refractivity contribution in [2.45, 2.75) is 5.22 Å². The summed E-state index contributed by atoms with van der Waals surface area (Å²) in [6.07, 6.45) is 0. The molecule has 0 saturated carbocycles. The maximum Gasteiger partial charge on any atom is 0.277 e. The molecule has 0 fully saturated rings. The molecule has 0 radical (unpaired) electrons. The highest BCUT2D eigenvalue weighted by molar-refractivity contribution is 7.99. The van der Waals surface area contributed by atoms with Crippen molar-refractivity contribution < 1.29 is 13.6 Å². The Morgan fingerprint density at radius 3 is 2.64 bits per heavy atom. The summed E-state index contributed by atoms with van der Waals surface area (Å²) in [5, 5.41) is 9.80.